The zero-order valence-corrected chi connectivity index (χ0v) is 17.2. The maximum absolute atomic E-state index is 15.0. The number of carbonyl (C=O) groups is 1. The third kappa shape index (κ3) is 3.45. The topological polar surface area (TPSA) is 76.1 Å². The highest BCUT2D eigenvalue weighted by Crippen LogP contribution is 2.69. The number of amides is 1. The Balaban J connectivity index is 1.99. The molecule has 1 saturated carbocycles. The van der Waals surface area contributed by atoms with Crippen molar-refractivity contribution in [2.24, 2.45) is 5.92 Å². The average Bonchev–Trinajstić information content (AvgIpc) is 2.94. The molecule has 0 bridgehead atoms. The maximum Gasteiger partial charge on any atom is 0.271 e. The molecule has 1 aliphatic rings. The van der Waals surface area contributed by atoms with Gasteiger partial charge in [-0.1, -0.05) is 38.3 Å². The van der Waals surface area contributed by atoms with Crippen LogP contribution in [0, 0.1) is 5.92 Å². The van der Waals surface area contributed by atoms with Gasteiger partial charge in [0.15, 0.2) is 15.0 Å². The average molecular weight is 429 g/mol. The number of hydrogen-bond acceptors (Lipinski definition) is 5. The quantitative estimate of drug-likeness (QED) is 0.637. The van der Waals surface area contributed by atoms with Crippen LogP contribution in [-0.2, 0) is 20.0 Å². The Hall–Kier alpha value is -1.87. The van der Waals surface area contributed by atoms with E-state index >= 15 is 8.78 Å². The molecular formula is C19H22F2N2O3S2. The molecule has 9 heteroatoms. The summed E-state index contributed by atoms with van der Waals surface area (Å²) in [5.74, 6) is -5.15. The lowest BCUT2D eigenvalue weighted by molar-refractivity contribution is -0.121. The van der Waals surface area contributed by atoms with Crippen LogP contribution in [0.25, 0.3) is 0 Å². The minimum Gasteiger partial charge on any atom is -0.301 e. The normalized spacial score (nSPS) is 23.4. The van der Waals surface area contributed by atoms with Crippen LogP contribution in [0.2, 0.25) is 0 Å². The Morgan fingerprint density at radius 1 is 1.25 bits per heavy atom. The van der Waals surface area contributed by atoms with Gasteiger partial charge in [-0.05, 0) is 24.1 Å². The lowest BCUT2D eigenvalue weighted by Gasteiger charge is -2.17. The highest BCUT2D eigenvalue weighted by atomic mass is 32.2. The monoisotopic (exact) mass is 428 g/mol. The van der Waals surface area contributed by atoms with Crippen LogP contribution in [-0.4, -0.2) is 31.5 Å². The van der Waals surface area contributed by atoms with Gasteiger partial charge in [0.2, 0.25) is 5.91 Å². The molecule has 5 nitrogen and oxygen atoms in total. The summed E-state index contributed by atoms with van der Waals surface area (Å²) in [6, 6.07) is 5.21. The van der Waals surface area contributed by atoms with Crippen LogP contribution in [0.1, 0.15) is 38.2 Å². The molecule has 1 aromatic carbocycles. The van der Waals surface area contributed by atoms with E-state index in [2.05, 4.69) is 10.3 Å². The van der Waals surface area contributed by atoms with Gasteiger partial charge >= 0.3 is 0 Å². The lowest BCUT2D eigenvalue weighted by Crippen LogP contribution is -2.34. The smallest absolute Gasteiger partial charge is 0.271 e. The first-order valence-electron chi connectivity index (χ1n) is 9.05. The van der Waals surface area contributed by atoms with E-state index in [1.54, 1.807) is 5.38 Å². The van der Waals surface area contributed by atoms with Crippen molar-refractivity contribution in [2.75, 3.05) is 11.6 Å². The number of halogens is 2. The number of aromatic nitrogens is 1. The second-order valence-corrected chi connectivity index (χ2v) is 9.98. The molecule has 0 aliphatic heterocycles. The van der Waals surface area contributed by atoms with Gasteiger partial charge in [0, 0.05) is 23.8 Å². The van der Waals surface area contributed by atoms with E-state index in [-0.39, 0.29) is 22.0 Å². The van der Waals surface area contributed by atoms with E-state index in [1.165, 1.54) is 30.5 Å². The zero-order chi connectivity index (χ0) is 20.6. The molecule has 0 radical (unpaired) electrons. The zero-order valence-electron chi connectivity index (χ0n) is 15.6. The van der Waals surface area contributed by atoms with Crippen LogP contribution in [0.3, 0.4) is 0 Å². The van der Waals surface area contributed by atoms with Crippen molar-refractivity contribution in [3.05, 3.63) is 41.4 Å². The first-order valence-corrected chi connectivity index (χ1v) is 11.8. The molecule has 3 rings (SSSR count). The Labute approximate surface area is 167 Å². The Bertz CT molecular complexity index is 944. The van der Waals surface area contributed by atoms with Crippen LogP contribution in [0.5, 0.6) is 0 Å². The first-order chi connectivity index (χ1) is 13.2. The van der Waals surface area contributed by atoms with Gasteiger partial charge in [-0.25, -0.2) is 22.2 Å². The van der Waals surface area contributed by atoms with Crippen molar-refractivity contribution in [3.8, 4) is 0 Å². The second kappa shape index (κ2) is 7.51. The molecule has 1 fully saturated rings. The predicted octanol–water partition coefficient (Wildman–Crippen LogP) is 4.27. The van der Waals surface area contributed by atoms with Gasteiger partial charge in [-0.2, -0.15) is 0 Å². The van der Waals surface area contributed by atoms with Crippen LogP contribution in [0.15, 0.2) is 40.7 Å². The molecule has 2 atom stereocenters. The highest BCUT2D eigenvalue weighted by molar-refractivity contribution is 7.90. The van der Waals surface area contributed by atoms with Gasteiger partial charge in [0.05, 0.1) is 4.90 Å². The Kier molecular flexibility index (Phi) is 5.60. The fourth-order valence-corrected chi connectivity index (χ4v) is 4.90. The van der Waals surface area contributed by atoms with Gasteiger partial charge < -0.3 is 5.32 Å². The molecule has 1 amide bonds. The maximum atomic E-state index is 15.0. The molecule has 2 unspecified atom stereocenters. The number of carbonyl (C=O) groups excluding carboxylic acids is 1. The summed E-state index contributed by atoms with van der Waals surface area (Å²) in [5, 5.41) is 4.42. The fourth-order valence-electron chi connectivity index (χ4n) is 3.75. The van der Waals surface area contributed by atoms with E-state index in [9.17, 15) is 13.2 Å². The van der Waals surface area contributed by atoms with E-state index in [4.69, 9.17) is 0 Å². The largest absolute Gasteiger partial charge is 0.301 e. The minimum absolute atomic E-state index is 0.0261. The van der Waals surface area contributed by atoms with E-state index in [1.807, 2.05) is 6.92 Å². The number of nitrogens with one attached hydrogen (secondary N) is 1. The molecule has 1 N–H and O–H groups in total. The van der Waals surface area contributed by atoms with Crippen molar-refractivity contribution in [3.63, 3.8) is 0 Å². The predicted molar refractivity (Wildman–Crippen MR) is 105 cm³/mol. The Morgan fingerprint density at radius 3 is 2.46 bits per heavy atom. The standard InChI is InChI=1S/C19H22F2N2O3S2/c1-3-4-5-6-15-18(19(15,20)21,16(24)23-17-22-11-12-27-17)13-7-9-14(10-8-13)28(2,25)26/h7-12,15H,3-6H2,1-2H3,(H,22,23,24). The van der Waals surface area contributed by atoms with Crippen molar-refractivity contribution in [1.29, 1.82) is 0 Å². The number of sulfone groups is 1. The van der Waals surface area contributed by atoms with Crippen molar-refractivity contribution >= 4 is 32.2 Å². The van der Waals surface area contributed by atoms with Crippen molar-refractivity contribution in [1.82, 2.24) is 4.98 Å². The number of unbranched alkanes of at least 4 members (excludes halogenated alkanes) is 2. The van der Waals surface area contributed by atoms with Crippen molar-refractivity contribution in [2.45, 2.75) is 48.8 Å². The van der Waals surface area contributed by atoms with E-state index in [0.29, 0.717) is 6.42 Å². The van der Waals surface area contributed by atoms with Gasteiger partial charge in [0.1, 0.15) is 5.41 Å². The Morgan fingerprint density at radius 2 is 1.93 bits per heavy atom. The summed E-state index contributed by atoms with van der Waals surface area (Å²) in [6.45, 7) is 1.98. The van der Waals surface area contributed by atoms with Crippen LogP contribution < -0.4 is 5.32 Å². The third-order valence-electron chi connectivity index (χ3n) is 5.25. The summed E-state index contributed by atoms with van der Waals surface area (Å²) in [5.41, 5.74) is -1.89. The minimum atomic E-state index is -3.46. The number of rotatable bonds is 8. The third-order valence-corrected chi connectivity index (χ3v) is 7.06. The molecule has 0 spiro atoms. The molecule has 1 heterocycles. The fraction of sp³-hybridized carbons (Fsp3) is 0.474. The number of benzene rings is 1. The van der Waals surface area contributed by atoms with E-state index < -0.39 is 33.0 Å². The second-order valence-electron chi connectivity index (χ2n) is 7.07. The molecule has 28 heavy (non-hydrogen) atoms. The van der Waals surface area contributed by atoms with Gasteiger partial charge in [-0.3, -0.25) is 4.79 Å². The molecular weight excluding hydrogens is 406 g/mol. The van der Waals surface area contributed by atoms with Crippen LogP contribution in [0.4, 0.5) is 13.9 Å². The van der Waals surface area contributed by atoms with Crippen molar-refractivity contribution < 1.29 is 22.0 Å². The SMILES string of the molecule is CCCCCC1C(F)(F)C1(C(=O)Nc1nccs1)c1ccc(S(C)(=O)=O)cc1. The van der Waals surface area contributed by atoms with E-state index in [0.717, 1.165) is 30.4 Å². The summed E-state index contributed by atoms with van der Waals surface area (Å²) in [7, 11) is -3.46. The number of thiazole rings is 1. The first kappa shape index (κ1) is 20.9. The summed E-state index contributed by atoms with van der Waals surface area (Å²) >= 11 is 1.15. The van der Waals surface area contributed by atoms with Crippen LogP contribution >= 0.6 is 11.3 Å². The molecule has 0 saturated heterocycles. The summed E-state index contributed by atoms with van der Waals surface area (Å²) in [4.78, 5) is 17.0. The molecule has 2 aromatic rings. The molecule has 1 aliphatic carbocycles. The van der Waals surface area contributed by atoms with Gasteiger partial charge in [-0.15, -0.1) is 11.3 Å². The number of alkyl halides is 2. The molecule has 1 aromatic heterocycles. The summed E-state index contributed by atoms with van der Waals surface area (Å²) < 4.78 is 53.5. The highest BCUT2D eigenvalue weighted by Gasteiger charge is 2.84. The molecule has 152 valence electrons. The number of hydrogen-bond donors (Lipinski definition) is 1. The summed E-state index contributed by atoms with van der Waals surface area (Å²) in [6.07, 6.45) is 5.05. The van der Waals surface area contributed by atoms with Gasteiger partial charge in [0.25, 0.3) is 5.92 Å². The lowest BCUT2D eigenvalue weighted by atomic mass is 9.90. The number of nitrogens with zero attached hydrogens (tertiary/aromatic N) is 1. The number of anilines is 1.